The summed E-state index contributed by atoms with van der Waals surface area (Å²) in [6.45, 7) is 2.83. The largest absolute Gasteiger partial charge is 0.442 e. The Morgan fingerprint density at radius 2 is 1.56 bits per heavy atom. The minimum Gasteiger partial charge on any atom is -0.442 e. The molecule has 9 nitrogen and oxygen atoms in total. The lowest BCUT2D eigenvalue weighted by atomic mass is 10.1. The van der Waals surface area contributed by atoms with Gasteiger partial charge in [0.15, 0.2) is 16.1 Å². The van der Waals surface area contributed by atoms with Crippen molar-refractivity contribution in [2.24, 2.45) is 0 Å². The zero-order valence-corrected chi connectivity index (χ0v) is 20.6. The molecule has 0 aliphatic carbocycles. The number of rotatable bonds is 8. The van der Waals surface area contributed by atoms with Crippen LogP contribution in [0.3, 0.4) is 0 Å². The molecule has 1 heterocycles. The van der Waals surface area contributed by atoms with Crippen LogP contribution in [0.2, 0.25) is 0 Å². The van der Waals surface area contributed by atoms with E-state index in [4.69, 9.17) is 4.74 Å². The number of non-ortho nitro benzene ring substituents is 1. The Balaban J connectivity index is 1.51. The summed E-state index contributed by atoms with van der Waals surface area (Å²) < 4.78 is 29.5. The van der Waals surface area contributed by atoms with Crippen molar-refractivity contribution in [3.63, 3.8) is 0 Å². The number of anilines is 1. The highest BCUT2D eigenvalue weighted by atomic mass is 32.2. The first-order chi connectivity index (χ1) is 17.2. The van der Waals surface area contributed by atoms with Gasteiger partial charge < -0.3 is 9.64 Å². The molecule has 1 aliphatic rings. The average Bonchev–Trinajstić information content (AvgIpc) is 2.89. The molecule has 3 aromatic carbocycles. The van der Waals surface area contributed by atoms with Crippen LogP contribution in [-0.4, -0.2) is 62.9 Å². The lowest BCUT2D eigenvalue weighted by Crippen LogP contribution is -2.52. The molecule has 1 unspecified atom stereocenters. The number of nitrogens with zero attached hydrogens (tertiary/aromatic N) is 3. The van der Waals surface area contributed by atoms with Crippen LogP contribution in [0.1, 0.15) is 15.9 Å². The number of nitro groups is 1. The van der Waals surface area contributed by atoms with Crippen molar-refractivity contribution in [3.05, 3.63) is 100 Å². The van der Waals surface area contributed by atoms with E-state index in [0.29, 0.717) is 19.5 Å². The molecule has 1 fully saturated rings. The zero-order valence-electron chi connectivity index (χ0n) is 19.8. The summed E-state index contributed by atoms with van der Waals surface area (Å²) in [7, 11) is -3.31. The Morgan fingerprint density at radius 3 is 2.11 bits per heavy atom. The predicted molar refractivity (Wildman–Crippen MR) is 136 cm³/mol. The molecular weight excluding hydrogens is 482 g/mol. The fourth-order valence-electron chi connectivity index (χ4n) is 4.14. The second kappa shape index (κ2) is 10.9. The number of esters is 1. The fourth-order valence-corrected chi connectivity index (χ4v) is 4.77. The number of piperazine rings is 1. The van der Waals surface area contributed by atoms with Crippen LogP contribution < -0.4 is 4.90 Å². The molecule has 36 heavy (non-hydrogen) atoms. The highest BCUT2D eigenvalue weighted by Gasteiger charge is 2.28. The Hall–Kier alpha value is -3.76. The third-order valence-electron chi connectivity index (χ3n) is 6.16. The van der Waals surface area contributed by atoms with Crippen LogP contribution in [0.15, 0.2) is 83.8 Å². The topological polar surface area (TPSA) is 110 Å². The quantitative estimate of drug-likeness (QED) is 0.258. The van der Waals surface area contributed by atoms with Gasteiger partial charge in [-0.3, -0.25) is 15.0 Å². The number of carbonyl (C=O) groups is 1. The molecule has 0 amide bonds. The molecule has 0 N–H and O–H groups in total. The van der Waals surface area contributed by atoms with Gasteiger partial charge in [-0.25, -0.2) is 13.2 Å². The normalized spacial score (nSPS) is 15.3. The first-order valence-corrected chi connectivity index (χ1v) is 13.4. The van der Waals surface area contributed by atoms with E-state index in [0.717, 1.165) is 30.6 Å². The maximum absolute atomic E-state index is 12.9. The van der Waals surface area contributed by atoms with Crippen LogP contribution in [0.4, 0.5) is 11.4 Å². The second-order valence-corrected chi connectivity index (χ2v) is 10.7. The van der Waals surface area contributed by atoms with E-state index in [1.54, 1.807) is 24.3 Å². The number of ether oxygens (including phenoxy) is 1. The number of para-hydroxylation sites is 1. The van der Waals surface area contributed by atoms with Crippen LogP contribution in [0.5, 0.6) is 0 Å². The molecule has 10 heteroatoms. The number of carbonyl (C=O) groups excluding carboxylic acids is 1. The average molecular weight is 510 g/mol. The van der Waals surface area contributed by atoms with E-state index in [1.807, 2.05) is 18.2 Å². The Labute approximate surface area is 210 Å². The van der Waals surface area contributed by atoms with E-state index in [1.165, 1.54) is 24.3 Å². The van der Waals surface area contributed by atoms with Gasteiger partial charge in [-0.2, -0.15) is 0 Å². The third kappa shape index (κ3) is 6.27. The van der Waals surface area contributed by atoms with E-state index >= 15 is 0 Å². The molecule has 0 bridgehead atoms. The summed E-state index contributed by atoms with van der Waals surface area (Å²) >= 11 is 0. The molecule has 4 rings (SSSR count). The van der Waals surface area contributed by atoms with Crippen molar-refractivity contribution in [3.8, 4) is 0 Å². The second-order valence-electron chi connectivity index (χ2n) is 8.64. The van der Waals surface area contributed by atoms with Crippen molar-refractivity contribution < 1.29 is 22.9 Å². The molecule has 3 aromatic rings. The van der Waals surface area contributed by atoms with Gasteiger partial charge in [0.2, 0.25) is 0 Å². The Morgan fingerprint density at radius 1 is 0.944 bits per heavy atom. The molecule has 188 valence electrons. The molecule has 0 spiro atoms. The van der Waals surface area contributed by atoms with E-state index in [2.05, 4.69) is 21.9 Å². The van der Waals surface area contributed by atoms with Crippen molar-refractivity contribution in [1.29, 1.82) is 0 Å². The van der Waals surface area contributed by atoms with E-state index in [-0.39, 0.29) is 16.1 Å². The minimum atomic E-state index is -3.31. The highest BCUT2D eigenvalue weighted by Crippen LogP contribution is 2.21. The number of sulfone groups is 1. The van der Waals surface area contributed by atoms with E-state index in [9.17, 15) is 23.3 Å². The monoisotopic (exact) mass is 509 g/mol. The van der Waals surface area contributed by atoms with Crippen molar-refractivity contribution >= 4 is 27.2 Å². The molecule has 0 radical (unpaired) electrons. The minimum absolute atomic E-state index is 0.105. The molecular formula is C26H27N3O6S. The van der Waals surface area contributed by atoms with Gasteiger partial charge in [-0.15, -0.1) is 0 Å². The summed E-state index contributed by atoms with van der Waals surface area (Å²) in [5.41, 5.74) is 2.08. The summed E-state index contributed by atoms with van der Waals surface area (Å²) in [4.78, 5) is 27.9. The molecule has 1 atom stereocenters. The number of benzene rings is 3. The van der Waals surface area contributed by atoms with Gasteiger partial charge in [-0.05, 0) is 42.0 Å². The number of hydrogen-bond donors (Lipinski definition) is 0. The smallest absolute Gasteiger partial charge is 0.339 e. The highest BCUT2D eigenvalue weighted by molar-refractivity contribution is 7.90. The first-order valence-electron chi connectivity index (χ1n) is 11.5. The molecule has 1 aliphatic heterocycles. The summed E-state index contributed by atoms with van der Waals surface area (Å²) in [6.07, 6.45) is 0.937. The Kier molecular flexibility index (Phi) is 7.66. The standard InChI is InChI=1S/C26H27N3O6S/c1-36(33,34)24-13-7-20(8-14-24)19-25(35-26(30)21-9-11-23(12-10-21)29(31)32)28-17-15-27(16-18-28)22-5-3-2-4-6-22/h2-14,25H,15-19H2,1H3. The van der Waals surface area contributed by atoms with Crippen molar-refractivity contribution in [2.75, 3.05) is 37.3 Å². The Bertz CT molecular complexity index is 1300. The van der Waals surface area contributed by atoms with Crippen LogP contribution in [0.25, 0.3) is 0 Å². The van der Waals surface area contributed by atoms with Crippen LogP contribution in [0, 0.1) is 10.1 Å². The van der Waals surface area contributed by atoms with Gasteiger partial charge in [0.1, 0.15) is 0 Å². The van der Waals surface area contributed by atoms with Gasteiger partial charge in [0.05, 0.1) is 15.4 Å². The lowest BCUT2D eigenvalue weighted by molar-refractivity contribution is -0.384. The SMILES string of the molecule is CS(=O)(=O)c1ccc(CC(OC(=O)c2ccc([N+](=O)[O-])cc2)N2CCN(c3ccccc3)CC2)cc1. The van der Waals surface area contributed by atoms with Crippen molar-refractivity contribution in [1.82, 2.24) is 4.90 Å². The van der Waals surface area contributed by atoms with Gasteiger partial charge in [-0.1, -0.05) is 30.3 Å². The lowest BCUT2D eigenvalue weighted by Gasteiger charge is -2.39. The van der Waals surface area contributed by atoms with E-state index < -0.39 is 27.0 Å². The van der Waals surface area contributed by atoms with Gasteiger partial charge >= 0.3 is 5.97 Å². The fraction of sp³-hybridized carbons (Fsp3) is 0.269. The summed E-state index contributed by atoms with van der Waals surface area (Å²) in [5, 5.41) is 10.9. The maximum atomic E-state index is 12.9. The number of nitro benzene ring substituents is 1. The van der Waals surface area contributed by atoms with Crippen LogP contribution in [-0.2, 0) is 21.0 Å². The van der Waals surface area contributed by atoms with Crippen LogP contribution >= 0.6 is 0 Å². The summed E-state index contributed by atoms with van der Waals surface area (Å²) in [6, 6.07) is 21.9. The molecule has 0 aromatic heterocycles. The molecule has 1 saturated heterocycles. The van der Waals surface area contributed by atoms with Crippen molar-refractivity contribution in [2.45, 2.75) is 17.5 Å². The first kappa shape index (κ1) is 25.3. The number of hydrogen-bond acceptors (Lipinski definition) is 8. The summed E-state index contributed by atoms with van der Waals surface area (Å²) in [5.74, 6) is -0.576. The molecule has 0 saturated carbocycles. The zero-order chi connectivity index (χ0) is 25.7. The van der Waals surface area contributed by atoms with Gasteiger partial charge in [0, 0.05) is 56.7 Å². The van der Waals surface area contributed by atoms with Gasteiger partial charge in [0.25, 0.3) is 5.69 Å². The predicted octanol–water partition coefficient (Wildman–Crippen LogP) is 3.55. The maximum Gasteiger partial charge on any atom is 0.339 e. The third-order valence-corrected chi connectivity index (χ3v) is 7.29.